The van der Waals surface area contributed by atoms with Crippen LogP contribution in [0.1, 0.15) is 121 Å². The van der Waals surface area contributed by atoms with Crippen LogP contribution in [-0.2, 0) is 14.3 Å². The summed E-state index contributed by atoms with van der Waals surface area (Å²) in [6.45, 7) is 19.1. The van der Waals surface area contributed by atoms with Crippen LogP contribution in [0, 0.1) is 19.8 Å². The van der Waals surface area contributed by atoms with Crippen LogP contribution in [0.15, 0.2) is 53.2 Å². The zero-order chi connectivity index (χ0) is 35.2. The van der Waals surface area contributed by atoms with Crippen LogP contribution in [-0.4, -0.2) is 48.7 Å². The van der Waals surface area contributed by atoms with E-state index < -0.39 is 0 Å². The minimum atomic E-state index is -0.281. The number of benzene rings is 2. The van der Waals surface area contributed by atoms with Gasteiger partial charge in [0, 0.05) is 43.5 Å². The van der Waals surface area contributed by atoms with Crippen molar-refractivity contribution >= 4 is 35.2 Å². The molecule has 0 bridgehead atoms. The monoisotopic (exact) mass is 649 g/mol. The number of aldehydes is 1. The SMILES string of the molecule is CCCCC.CCCN(CCC)c1ccccc1C.CCCOC(C)=O.Cc1cc(O)c(C=O)cc1NC(=O)C1=CCC(C2CC2)=N1. The van der Waals surface area contributed by atoms with Gasteiger partial charge in [0.1, 0.15) is 11.4 Å². The Kier molecular flexibility index (Phi) is 20.4. The van der Waals surface area contributed by atoms with E-state index in [1.807, 2.05) is 13.0 Å². The largest absolute Gasteiger partial charge is 0.507 e. The first-order valence-electron chi connectivity index (χ1n) is 17.4. The number of para-hydroxylation sites is 1. The highest BCUT2D eigenvalue weighted by molar-refractivity contribution is 6.09. The van der Waals surface area contributed by atoms with Crippen molar-refractivity contribution in [2.24, 2.45) is 10.9 Å². The number of nitrogens with one attached hydrogen (secondary N) is 1. The van der Waals surface area contributed by atoms with Crippen molar-refractivity contribution in [3.8, 4) is 5.75 Å². The molecule has 8 heteroatoms. The topological polar surface area (TPSA) is 108 Å². The molecule has 1 aliphatic heterocycles. The second kappa shape index (κ2) is 23.4. The first-order valence-corrected chi connectivity index (χ1v) is 17.4. The van der Waals surface area contributed by atoms with E-state index in [0.717, 1.165) is 18.6 Å². The van der Waals surface area contributed by atoms with Crippen molar-refractivity contribution in [1.29, 1.82) is 0 Å². The van der Waals surface area contributed by atoms with Gasteiger partial charge >= 0.3 is 5.97 Å². The van der Waals surface area contributed by atoms with E-state index in [4.69, 9.17) is 0 Å². The van der Waals surface area contributed by atoms with Crippen LogP contribution < -0.4 is 10.2 Å². The number of aromatic hydroxyl groups is 1. The van der Waals surface area contributed by atoms with E-state index >= 15 is 0 Å². The summed E-state index contributed by atoms with van der Waals surface area (Å²) in [5.41, 5.74) is 5.66. The smallest absolute Gasteiger partial charge is 0.302 e. The molecular weight excluding hydrogens is 590 g/mol. The van der Waals surface area contributed by atoms with Gasteiger partial charge in [0.25, 0.3) is 5.91 Å². The number of phenolic OH excluding ortho intramolecular Hbond substituents is 1. The Morgan fingerprint density at radius 1 is 0.957 bits per heavy atom. The van der Waals surface area contributed by atoms with Gasteiger partial charge in [-0.2, -0.15) is 0 Å². The molecule has 2 aromatic carbocycles. The van der Waals surface area contributed by atoms with E-state index in [2.05, 4.69) is 78.8 Å². The molecule has 0 saturated heterocycles. The Hall–Kier alpha value is -3.94. The van der Waals surface area contributed by atoms with Gasteiger partial charge in [0.15, 0.2) is 6.29 Å². The van der Waals surface area contributed by atoms with E-state index in [1.54, 1.807) is 6.92 Å². The average molecular weight is 650 g/mol. The van der Waals surface area contributed by atoms with Gasteiger partial charge in [0.05, 0.1) is 12.2 Å². The van der Waals surface area contributed by atoms with Gasteiger partial charge in [0.2, 0.25) is 0 Å². The van der Waals surface area contributed by atoms with Crippen LogP contribution in [0.2, 0.25) is 0 Å². The Bertz CT molecular complexity index is 1310. The van der Waals surface area contributed by atoms with Crippen molar-refractivity contribution in [2.75, 3.05) is 29.9 Å². The molecule has 47 heavy (non-hydrogen) atoms. The number of aryl methyl sites for hydroxylation is 2. The molecule has 1 aliphatic carbocycles. The highest BCUT2D eigenvalue weighted by atomic mass is 16.5. The molecule has 0 aromatic heterocycles. The minimum Gasteiger partial charge on any atom is -0.507 e. The number of esters is 1. The lowest BCUT2D eigenvalue weighted by Crippen LogP contribution is -2.25. The van der Waals surface area contributed by atoms with Gasteiger partial charge in [-0.1, -0.05) is 72.1 Å². The minimum absolute atomic E-state index is 0.0883. The van der Waals surface area contributed by atoms with Crippen molar-refractivity contribution in [3.63, 3.8) is 0 Å². The molecule has 0 radical (unpaired) electrons. The second-order valence-electron chi connectivity index (χ2n) is 11.9. The van der Waals surface area contributed by atoms with Crippen LogP contribution >= 0.6 is 0 Å². The quantitative estimate of drug-likeness (QED) is 0.127. The number of rotatable bonds is 13. The van der Waals surface area contributed by atoms with Crippen LogP contribution in [0.5, 0.6) is 5.75 Å². The Balaban J connectivity index is 0.000000365. The van der Waals surface area contributed by atoms with Gasteiger partial charge < -0.3 is 20.1 Å². The molecule has 8 nitrogen and oxygen atoms in total. The molecule has 0 atom stereocenters. The number of hydrogen-bond acceptors (Lipinski definition) is 7. The maximum Gasteiger partial charge on any atom is 0.302 e. The van der Waals surface area contributed by atoms with E-state index in [9.17, 15) is 19.5 Å². The number of nitrogens with zero attached hydrogens (tertiary/aromatic N) is 2. The van der Waals surface area contributed by atoms with Gasteiger partial charge in [-0.25, -0.2) is 0 Å². The van der Waals surface area contributed by atoms with Crippen molar-refractivity contribution in [1.82, 2.24) is 0 Å². The third-order valence-corrected chi connectivity index (χ3v) is 7.46. The summed E-state index contributed by atoms with van der Waals surface area (Å²) >= 11 is 0. The predicted molar refractivity (Wildman–Crippen MR) is 196 cm³/mol. The number of anilines is 2. The Labute approximate surface area is 283 Å². The number of amides is 1. The van der Waals surface area contributed by atoms with Crippen molar-refractivity contribution in [3.05, 3.63) is 64.9 Å². The summed E-state index contributed by atoms with van der Waals surface area (Å²) < 4.78 is 4.55. The second-order valence-corrected chi connectivity index (χ2v) is 11.9. The van der Waals surface area contributed by atoms with E-state index in [1.165, 1.54) is 88.3 Å². The average Bonchev–Trinajstić information content (AvgIpc) is 3.78. The molecule has 1 fully saturated rings. The molecule has 4 rings (SSSR count). The molecule has 1 heterocycles. The van der Waals surface area contributed by atoms with Crippen molar-refractivity contribution < 1.29 is 24.2 Å². The lowest BCUT2D eigenvalue weighted by molar-refractivity contribution is -0.140. The number of allylic oxidation sites excluding steroid dienone is 1. The molecule has 0 spiro atoms. The molecule has 2 aliphatic rings. The lowest BCUT2D eigenvalue weighted by Gasteiger charge is -2.25. The molecule has 2 aromatic rings. The number of aliphatic imine (C=N–C) groups is 1. The van der Waals surface area contributed by atoms with E-state index in [-0.39, 0.29) is 23.2 Å². The molecule has 1 saturated carbocycles. The summed E-state index contributed by atoms with van der Waals surface area (Å²) in [4.78, 5) is 39.9. The van der Waals surface area contributed by atoms with Gasteiger partial charge in [-0.15, -0.1) is 0 Å². The third kappa shape index (κ3) is 15.9. The lowest BCUT2D eigenvalue weighted by atomic mass is 10.1. The number of ether oxygens (including phenoxy) is 1. The van der Waals surface area contributed by atoms with Gasteiger partial charge in [-0.3, -0.25) is 19.4 Å². The van der Waals surface area contributed by atoms with Crippen LogP contribution in [0.3, 0.4) is 0 Å². The third-order valence-electron chi connectivity index (χ3n) is 7.46. The summed E-state index contributed by atoms with van der Waals surface area (Å²) in [5, 5.41) is 12.3. The van der Waals surface area contributed by atoms with Crippen LogP contribution in [0.25, 0.3) is 0 Å². The first kappa shape index (κ1) is 41.1. The predicted octanol–water partition coefficient (Wildman–Crippen LogP) is 9.37. The van der Waals surface area contributed by atoms with E-state index in [0.29, 0.717) is 35.8 Å². The summed E-state index contributed by atoms with van der Waals surface area (Å²) in [6, 6.07) is 11.6. The normalized spacial score (nSPS) is 12.9. The summed E-state index contributed by atoms with van der Waals surface area (Å²) in [7, 11) is 0. The highest BCUT2D eigenvalue weighted by Gasteiger charge is 2.30. The maximum absolute atomic E-state index is 12.2. The Morgan fingerprint density at radius 2 is 1.60 bits per heavy atom. The number of carbonyl (C=O) groups excluding carboxylic acids is 3. The number of carbonyl (C=O) groups is 3. The summed E-state index contributed by atoms with van der Waals surface area (Å²) in [5.74, 6) is -0.00335. The molecule has 2 N–H and O–H groups in total. The zero-order valence-electron chi connectivity index (χ0n) is 30.2. The fourth-order valence-electron chi connectivity index (χ4n) is 4.80. The molecule has 260 valence electrons. The fourth-order valence-corrected chi connectivity index (χ4v) is 4.80. The zero-order valence-corrected chi connectivity index (χ0v) is 30.2. The molecule has 1 amide bonds. The number of phenols is 1. The van der Waals surface area contributed by atoms with Crippen LogP contribution in [0.4, 0.5) is 11.4 Å². The summed E-state index contributed by atoms with van der Waals surface area (Å²) in [6.07, 6.45) is 12.9. The first-order chi connectivity index (χ1) is 22.6. The number of hydrogen-bond donors (Lipinski definition) is 2. The number of unbranched alkanes of at least 4 members (excludes halogenated alkanes) is 2. The Morgan fingerprint density at radius 3 is 2.06 bits per heavy atom. The van der Waals surface area contributed by atoms with Crippen molar-refractivity contribution in [2.45, 2.75) is 113 Å². The molecule has 0 unspecified atom stereocenters. The standard InChI is InChI=1S/C16H16N2O3.C13H21N.C5H10O2.C5H12/c1-9-6-15(20)11(8-19)7-14(9)18-16(21)13-5-4-12(17-13)10-2-3-10;1-4-10-14(11-5-2)13-9-7-6-8-12(13)3;1-3-4-7-5(2)6;1-3-5-4-2/h5-8,10,20H,2-4H2,1H3,(H,18,21);6-9H,4-5,10-11H2,1-3H3;3-4H2,1-2H3;3-5H2,1-2H3. The fraction of sp³-hybridized carbons (Fsp3) is 0.538. The highest BCUT2D eigenvalue weighted by Crippen LogP contribution is 2.35. The maximum atomic E-state index is 12.2. The molecular formula is C39H59N3O5. The van der Waals surface area contributed by atoms with Gasteiger partial charge in [-0.05, 0) is 87.3 Å².